The Morgan fingerprint density at radius 1 is 1.40 bits per heavy atom. The second kappa shape index (κ2) is 7.30. The van der Waals surface area contributed by atoms with Gasteiger partial charge in [0.1, 0.15) is 6.54 Å². The lowest BCUT2D eigenvalue weighted by atomic mass is 10.3. The molecule has 0 unspecified atom stereocenters. The van der Waals surface area contributed by atoms with E-state index in [4.69, 9.17) is 11.6 Å². The molecule has 0 aliphatic rings. The Labute approximate surface area is 147 Å². The highest BCUT2D eigenvalue weighted by atomic mass is 35.5. The molecule has 0 saturated heterocycles. The molecule has 0 bridgehead atoms. The lowest BCUT2D eigenvalue weighted by molar-refractivity contribution is -0.389. The maximum atomic E-state index is 12.2. The van der Waals surface area contributed by atoms with Crippen LogP contribution in [0.2, 0.25) is 5.02 Å². The Kier molecular flexibility index (Phi) is 5.37. The smallest absolute Gasteiger partial charge is 0.358 e. The molecule has 0 radical (unpaired) electrons. The molecule has 0 saturated carbocycles. The van der Waals surface area contributed by atoms with Gasteiger partial charge >= 0.3 is 5.82 Å². The predicted octanol–water partition coefficient (Wildman–Crippen LogP) is 0.968. The van der Waals surface area contributed by atoms with Crippen molar-refractivity contribution in [1.29, 1.82) is 0 Å². The van der Waals surface area contributed by atoms with Crippen LogP contribution in [0.5, 0.6) is 0 Å². The first-order chi connectivity index (χ1) is 11.8. The lowest BCUT2D eigenvalue weighted by Crippen LogP contribution is -2.24. The summed E-state index contributed by atoms with van der Waals surface area (Å²) in [6.07, 6.45) is 1.52. The van der Waals surface area contributed by atoms with E-state index in [1.165, 1.54) is 24.9 Å². The molecule has 0 aliphatic carbocycles. The number of carbonyl (C=O) groups is 2. The van der Waals surface area contributed by atoms with E-state index >= 15 is 0 Å². The first-order valence-corrected chi connectivity index (χ1v) is 7.62. The summed E-state index contributed by atoms with van der Waals surface area (Å²) in [5.74, 6) is -1.49. The number of aromatic nitrogens is 4. The number of hydrogen-bond donors (Lipinski definition) is 2. The summed E-state index contributed by atoms with van der Waals surface area (Å²) in [7, 11) is 1.45. The second-order valence-corrected chi connectivity index (χ2v) is 5.39. The van der Waals surface area contributed by atoms with Crippen LogP contribution in [0.25, 0.3) is 0 Å². The van der Waals surface area contributed by atoms with Crippen molar-refractivity contribution in [2.24, 2.45) is 0 Å². The van der Waals surface area contributed by atoms with Crippen LogP contribution in [0.4, 0.5) is 11.5 Å². The van der Waals surface area contributed by atoms with Crippen LogP contribution in [-0.4, -0.2) is 43.3 Å². The van der Waals surface area contributed by atoms with Crippen LogP contribution in [0.3, 0.4) is 0 Å². The minimum atomic E-state index is -0.724. The minimum absolute atomic E-state index is 0.0684. The van der Waals surface area contributed by atoms with Gasteiger partial charge in [0.15, 0.2) is 10.7 Å². The zero-order chi connectivity index (χ0) is 18.7. The number of rotatable bonds is 6. The van der Waals surface area contributed by atoms with E-state index in [0.717, 1.165) is 4.68 Å². The number of nitro groups is 1. The largest absolute Gasteiger partial charge is 0.408 e. The molecule has 2 N–H and O–H groups in total. The molecule has 12 heteroatoms. The topological polar surface area (TPSA) is 137 Å². The molecule has 134 valence electrons. The molecule has 2 heterocycles. The van der Waals surface area contributed by atoms with Gasteiger partial charge in [0.05, 0.1) is 16.5 Å². The van der Waals surface area contributed by atoms with E-state index in [1.807, 2.05) is 6.92 Å². The monoisotopic (exact) mass is 369 g/mol. The highest BCUT2D eigenvalue weighted by Crippen LogP contribution is 2.26. The van der Waals surface area contributed by atoms with Gasteiger partial charge in [0.2, 0.25) is 5.91 Å². The van der Waals surface area contributed by atoms with Crippen molar-refractivity contribution in [2.45, 2.75) is 26.9 Å². The predicted molar refractivity (Wildman–Crippen MR) is 88.5 cm³/mol. The van der Waals surface area contributed by atoms with Crippen molar-refractivity contribution in [3.8, 4) is 0 Å². The summed E-state index contributed by atoms with van der Waals surface area (Å²) >= 11 is 5.84. The Bertz CT molecular complexity index is 842. The fraction of sp³-hybridized carbons (Fsp3) is 0.385. The Morgan fingerprint density at radius 3 is 2.60 bits per heavy atom. The molecular weight excluding hydrogens is 354 g/mol. The highest BCUT2D eigenvalue weighted by molar-refractivity contribution is 6.33. The van der Waals surface area contributed by atoms with Gasteiger partial charge < -0.3 is 20.7 Å². The number of carbonyl (C=O) groups excluding carboxylic acids is 2. The van der Waals surface area contributed by atoms with E-state index < -0.39 is 22.6 Å². The first-order valence-electron chi connectivity index (χ1n) is 7.25. The normalized spacial score (nSPS) is 10.6. The fourth-order valence-corrected chi connectivity index (χ4v) is 2.27. The van der Waals surface area contributed by atoms with Crippen molar-refractivity contribution in [1.82, 2.24) is 24.9 Å². The van der Waals surface area contributed by atoms with Crippen LogP contribution < -0.4 is 10.6 Å². The molecule has 2 amide bonds. The van der Waals surface area contributed by atoms with E-state index in [0.29, 0.717) is 12.2 Å². The first kappa shape index (κ1) is 18.4. The van der Waals surface area contributed by atoms with Crippen molar-refractivity contribution in [3.05, 3.63) is 32.7 Å². The maximum Gasteiger partial charge on any atom is 0.408 e. The summed E-state index contributed by atoms with van der Waals surface area (Å²) in [4.78, 5) is 34.2. The molecule has 2 rings (SSSR count). The van der Waals surface area contributed by atoms with Crippen molar-refractivity contribution in [2.75, 3.05) is 12.4 Å². The van der Waals surface area contributed by atoms with Crippen LogP contribution in [0.15, 0.2) is 6.20 Å². The second-order valence-electron chi connectivity index (χ2n) is 5.01. The maximum absolute atomic E-state index is 12.2. The third-order valence-electron chi connectivity index (χ3n) is 3.38. The molecule has 0 spiro atoms. The Morgan fingerprint density at radius 2 is 2.08 bits per heavy atom. The number of halogens is 1. The highest BCUT2D eigenvalue weighted by Gasteiger charge is 2.25. The van der Waals surface area contributed by atoms with Gasteiger partial charge in [-0.1, -0.05) is 11.6 Å². The molecule has 2 aromatic rings. The average Bonchev–Trinajstić information content (AvgIpc) is 3.10. The molecule has 11 nitrogen and oxygen atoms in total. The Hall–Kier alpha value is -2.95. The summed E-state index contributed by atoms with van der Waals surface area (Å²) in [5.41, 5.74) is 0.592. The van der Waals surface area contributed by atoms with E-state index in [-0.39, 0.29) is 22.9 Å². The molecule has 0 fully saturated rings. The summed E-state index contributed by atoms with van der Waals surface area (Å²) in [6.45, 7) is 3.56. The fourth-order valence-electron chi connectivity index (χ4n) is 2.07. The third kappa shape index (κ3) is 3.76. The number of nitrogens with one attached hydrogen (secondary N) is 2. The Balaban J connectivity index is 2.21. The van der Waals surface area contributed by atoms with Gasteiger partial charge in [0.25, 0.3) is 5.91 Å². The third-order valence-corrected chi connectivity index (χ3v) is 3.83. The van der Waals surface area contributed by atoms with Gasteiger partial charge in [-0.2, -0.15) is 9.78 Å². The molecule has 2 aromatic heterocycles. The zero-order valence-corrected chi connectivity index (χ0v) is 14.5. The average molecular weight is 370 g/mol. The van der Waals surface area contributed by atoms with Crippen molar-refractivity contribution >= 4 is 34.9 Å². The van der Waals surface area contributed by atoms with Crippen LogP contribution >= 0.6 is 11.6 Å². The van der Waals surface area contributed by atoms with Gasteiger partial charge in [-0.3, -0.25) is 14.3 Å². The molecule has 0 aromatic carbocycles. The van der Waals surface area contributed by atoms with Gasteiger partial charge in [-0.25, -0.2) is 0 Å². The van der Waals surface area contributed by atoms with E-state index in [1.54, 1.807) is 0 Å². The number of nitrogens with zero attached hydrogens (tertiary/aromatic N) is 5. The van der Waals surface area contributed by atoms with E-state index in [9.17, 15) is 19.7 Å². The summed E-state index contributed by atoms with van der Waals surface area (Å²) in [5, 5.41) is 23.5. The van der Waals surface area contributed by atoms with Crippen molar-refractivity contribution < 1.29 is 14.5 Å². The summed E-state index contributed by atoms with van der Waals surface area (Å²) < 4.78 is 2.63. The molecular formula is C13H16ClN7O4. The molecule has 0 aliphatic heterocycles. The molecule has 25 heavy (non-hydrogen) atoms. The number of anilines is 1. The van der Waals surface area contributed by atoms with Crippen LogP contribution in [0.1, 0.15) is 23.1 Å². The molecule has 0 atom stereocenters. The van der Waals surface area contributed by atoms with Gasteiger partial charge in [-0.05, 0) is 18.8 Å². The SMILES string of the molecule is CCn1cc(NC(=O)Cn2nc([N+](=O)[O-])c(Cl)c2C)c(C(=O)NC)n1. The number of aryl methyl sites for hydroxylation is 1. The minimum Gasteiger partial charge on any atom is -0.358 e. The van der Waals surface area contributed by atoms with Gasteiger partial charge in [0, 0.05) is 19.8 Å². The lowest BCUT2D eigenvalue weighted by Gasteiger charge is -2.04. The number of amides is 2. The van der Waals surface area contributed by atoms with Gasteiger partial charge in [-0.15, -0.1) is 0 Å². The van der Waals surface area contributed by atoms with E-state index in [2.05, 4.69) is 20.8 Å². The van der Waals surface area contributed by atoms with Crippen LogP contribution in [0, 0.1) is 17.0 Å². The standard InChI is InChI=1S/C13H16ClN7O4/c1-4-19-5-8(11(17-19)13(23)15-3)16-9(22)6-20-7(2)10(14)12(18-20)21(24)25/h5H,4,6H2,1-3H3,(H,15,23)(H,16,22). The number of hydrogen-bond acceptors (Lipinski definition) is 6. The van der Waals surface area contributed by atoms with Crippen LogP contribution in [-0.2, 0) is 17.9 Å². The summed E-state index contributed by atoms with van der Waals surface area (Å²) in [6, 6.07) is 0. The van der Waals surface area contributed by atoms with Crippen molar-refractivity contribution in [3.63, 3.8) is 0 Å². The zero-order valence-electron chi connectivity index (χ0n) is 13.7. The quantitative estimate of drug-likeness (QED) is 0.574.